The van der Waals surface area contributed by atoms with Gasteiger partial charge in [0, 0.05) is 12.1 Å². The maximum atomic E-state index is 13.4. The fourth-order valence-electron chi connectivity index (χ4n) is 1.75. The number of aromatic nitrogens is 4. The first kappa shape index (κ1) is 8.34. The molecule has 0 unspecified atom stereocenters. The van der Waals surface area contributed by atoms with Crippen LogP contribution in [0.3, 0.4) is 0 Å². The molecule has 0 bridgehead atoms. The van der Waals surface area contributed by atoms with Crippen molar-refractivity contribution in [2.75, 3.05) is 11.9 Å². The fourth-order valence-corrected chi connectivity index (χ4v) is 1.75. The Labute approximate surface area is 84.9 Å². The highest BCUT2D eigenvalue weighted by atomic mass is 19.1. The number of pyridine rings is 1. The quantitative estimate of drug-likeness (QED) is 0.747. The van der Waals surface area contributed by atoms with Crippen LogP contribution < -0.4 is 5.32 Å². The van der Waals surface area contributed by atoms with E-state index in [1.807, 2.05) is 0 Å². The molecule has 3 rings (SSSR count). The molecule has 2 aromatic heterocycles. The maximum Gasteiger partial charge on any atom is 0.178 e. The minimum atomic E-state index is -0.265. The number of fused-ring (bicyclic) bond motifs is 1. The van der Waals surface area contributed by atoms with Gasteiger partial charge in [0.1, 0.15) is 5.82 Å². The first-order chi connectivity index (χ1) is 7.36. The van der Waals surface area contributed by atoms with E-state index >= 15 is 0 Å². The van der Waals surface area contributed by atoms with Crippen molar-refractivity contribution >= 4 is 5.69 Å². The van der Waals surface area contributed by atoms with Crippen molar-refractivity contribution in [1.82, 2.24) is 20.0 Å². The molecule has 1 aliphatic heterocycles. The van der Waals surface area contributed by atoms with Crippen molar-refractivity contribution in [2.24, 2.45) is 0 Å². The summed E-state index contributed by atoms with van der Waals surface area (Å²) in [4.78, 5) is 4.02. The molecule has 15 heavy (non-hydrogen) atoms. The maximum absolute atomic E-state index is 13.4. The summed E-state index contributed by atoms with van der Waals surface area (Å²) in [5, 5.41) is 10.6. The van der Waals surface area contributed by atoms with Crippen molar-refractivity contribution in [3.8, 4) is 5.82 Å². The third-order valence-electron chi connectivity index (χ3n) is 2.43. The summed E-state index contributed by atoms with van der Waals surface area (Å²) >= 11 is 0. The van der Waals surface area contributed by atoms with E-state index in [0.29, 0.717) is 17.8 Å². The lowest BCUT2D eigenvalue weighted by Crippen LogP contribution is -2.04. The van der Waals surface area contributed by atoms with Crippen molar-refractivity contribution in [3.63, 3.8) is 0 Å². The molecule has 0 saturated heterocycles. The molecule has 0 fully saturated rings. The largest absolute Gasteiger partial charge is 0.381 e. The van der Waals surface area contributed by atoms with Gasteiger partial charge in [0.15, 0.2) is 5.82 Å². The standard InChI is InChI=1S/C9H8FN5/c10-7-5-12-9(15-4-3-13-14-15)8-6(7)1-2-11-8/h3-5,11H,1-2H2. The van der Waals surface area contributed by atoms with Crippen LogP contribution in [0.5, 0.6) is 0 Å². The van der Waals surface area contributed by atoms with Crippen LogP contribution in [-0.2, 0) is 6.42 Å². The lowest BCUT2D eigenvalue weighted by molar-refractivity contribution is 0.607. The van der Waals surface area contributed by atoms with E-state index in [9.17, 15) is 4.39 Å². The van der Waals surface area contributed by atoms with Gasteiger partial charge in [0.05, 0.1) is 24.3 Å². The smallest absolute Gasteiger partial charge is 0.178 e. The Morgan fingerprint density at radius 1 is 1.47 bits per heavy atom. The van der Waals surface area contributed by atoms with Crippen LogP contribution in [0.15, 0.2) is 18.6 Å². The Morgan fingerprint density at radius 2 is 2.40 bits per heavy atom. The van der Waals surface area contributed by atoms with Gasteiger partial charge in [-0.15, -0.1) is 5.10 Å². The average Bonchev–Trinajstić information content (AvgIpc) is 2.88. The van der Waals surface area contributed by atoms with Gasteiger partial charge >= 0.3 is 0 Å². The van der Waals surface area contributed by atoms with Gasteiger partial charge in [-0.2, -0.15) is 0 Å². The molecule has 3 heterocycles. The Bertz CT molecular complexity index is 493. The van der Waals surface area contributed by atoms with Crippen molar-refractivity contribution in [3.05, 3.63) is 30.0 Å². The number of hydrogen-bond donors (Lipinski definition) is 1. The summed E-state index contributed by atoms with van der Waals surface area (Å²) in [6.07, 6.45) is 5.15. The van der Waals surface area contributed by atoms with E-state index in [0.717, 1.165) is 12.2 Å². The van der Waals surface area contributed by atoms with Crippen LogP contribution in [0, 0.1) is 5.82 Å². The summed E-state index contributed by atoms with van der Waals surface area (Å²) in [7, 11) is 0. The number of nitrogens with one attached hydrogen (secondary N) is 1. The normalized spacial score (nSPS) is 13.7. The minimum Gasteiger partial charge on any atom is -0.381 e. The molecule has 5 nitrogen and oxygen atoms in total. The van der Waals surface area contributed by atoms with E-state index in [-0.39, 0.29) is 5.82 Å². The number of rotatable bonds is 1. The summed E-state index contributed by atoms with van der Waals surface area (Å²) in [6, 6.07) is 0. The Morgan fingerprint density at radius 3 is 3.20 bits per heavy atom. The van der Waals surface area contributed by atoms with Gasteiger partial charge in [-0.3, -0.25) is 0 Å². The zero-order chi connectivity index (χ0) is 10.3. The lowest BCUT2D eigenvalue weighted by Gasteiger charge is -2.06. The first-order valence-electron chi connectivity index (χ1n) is 4.64. The molecular weight excluding hydrogens is 197 g/mol. The molecule has 0 saturated carbocycles. The Kier molecular flexibility index (Phi) is 1.67. The number of nitrogens with zero attached hydrogens (tertiary/aromatic N) is 4. The highest BCUT2D eigenvalue weighted by molar-refractivity contribution is 5.65. The van der Waals surface area contributed by atoms with Gasteiger partial charge in [-0.1, -0.05) is 5.21 Å². The lowest BCUT2D eigenvalue weighted by atomic mass is 10.2. The third kappa shape index (κ3) is 1.18. The minimum absolute atomic E-state index is 0.265. The van der Waals surface area contributed by atoms with Crippen molar-refractivity contribution in [1.29, 1.82) is 0 Å². The van der Waals surface area contributed by atoms with Crippen LogP contribution in [0.1, 0.15) is 5.56 Å². The Balaban J connectivity index is 2.22. The molecule has 6 heteroatoms. The topological polar surface area (TPSA) is 55.6 Å². The zero-order valence-electron chi connectivity index (χ0n) is 7.81. The monoisotopic (exact) mass is 205 g/mol. The molecule has 1 aliphatic rings. The number of anilines is 1. The van der Waals surface area contributed by atoms with Crippen LogP contribution in [-0.4, -0.2) is 26.5 Å². The molecule has 0 radical (unpaired) electrons. The van der Waals surface area contributed by atoms with Gasteiger partial charge in [0.25, 0.3) is 0 Å². The highest BCUT2D eigenvalue weighted by Crippen LogP contribution is 2.28. The molecule has 76 valence electrons. The summed E-state index contributed by atoms with van der Waals surface area (Å²) < 4.78 is 14.9. The molecule has 0 amide bonds. The molecular formula is C9H8FN5. The zero-order valence-corrected chi connectivity index (χ0v) is 7.81. The van der Waals surface area contributed by atoms with Gasteiger partial charge in [-0.05, 0) is 6.42 Å². The molecule has 2 aromatic rings. The molecule has 1 N–H and O–H groups in total. The molecule has 0 atom stereocenters. The second kappa shape index (κ2) is 3.01. The molecule has 0 spiro atoms. The van der Waals surface area contributed by atoms with Crippen LogP contribution in [0.2, 0.25) is 0 Å². The molecule has 0 aliphatic carbocycles. The summed E-state index contributed by atoms with van der Waals surface area (Å²) in [5.41, 5.74) is 1.40. The average molecular weight is 205 g/mol. The molecule has 0 aromatic carbocycles. The van der Waals surface area contributed by atoms with Crippen LogP contribution >= 0.6 is 0 Å². The van der Waals surface area contributed by atoms with Crippen LogP contribution in [0.4, 0.5) is 10.1 Å². The SMILES string of the molecule is Fc1cnc(-n2ccnn2)c2c1CCN2. The van der Waals surface area contributed by atoms with E-state index in [4.69, 9.17) is 0 Å². The number of halogens is 1. The predicted octanol–water partition coefficient (Wildman–Crippen LogP) is 0.769. The fraction of sp³-hybridized carbons (Fsp3) is 0.222. The second-order valence-electron chi connectivity index (χ2n) is 3.31. The van der Waals surface area contributed by atoms with Gasteiger partial charge in [-0.25, -0.2) is 14.1 Å². The Hall–Kier alpha value is -1.98. The highest BCUT2D eigenvalue weighted by Gasteiger charge is 2.20. The predicted molar refractivity (Wildman–Crippen MR) is 51.3 cm³/mol. The van der Waals surface area contributed by atoms with E-state index in [2.05, 4.69) is 20.6 Å². The second-order valence-corrected chi connectivity index (χ2v) is 3.31. The van der Waals surface area contributed by atoms with E-state index in [1.165, 1.54) is 10.9 Å². The summed E-state index contributed by atoms with van der Waals surface area (Å²) in [6.45, 7) is 0.736. The van der Waals surface area contributed by atoms with Gasteiger partial charge < -0.3 is 5.32 Å². The van der Waals surface area contributed by atoms with Crippen molar-refractivity contribution < 1.29 is 4.39 Å². The van der Waals surface area contributed by atoms with Crippen LogP contribution in [0.25, 0.3) is 5.82 Å². The first-order valence-corrected chi connectivity index (χ1v) is 4.64. The van der Waals surface area contributed by atoms with Gasteiger partial charge in [0.2, 0.25) is 0 Å². The third-order valence-corrected chi connectivity index (χ3v) is 2.43. The van der Waals surface area contributed by atoms with E-state index < -0.39 is 0 Å². The number of hydrogen-bond acceptors (Lipinski definition) is 4. The summed E-state index contributed by atoms with van der Waals surface area (Å²) in [5.74, 6) is 0.334. The van der Waals surface area contributed by atoms with E-state index in [1.54, 1.807) is 12.4 Å². The van der Waals surface area contributed by atoms with Crippen molar-refractivity contribution in [2.45, 2.75) is 6.42 Å².